The van der Waals surface area contributed by atoms with Gasteiger partial charge in [-0.2, -0.15) is 0 Å². The van der Waals surface area contributed by atoms with Crippen LogP contribution in [-0.2, 0) is 0 Å². The Morgan fingerprint density at radius 2 is 0.741 bits per heavy atom. The van der Waals surface area contributed by atoms with Crippen LogP contribution in [0.1, 0.15) is 0 Å². The zero-order chi connectivity index (χ0) is 38.4. The average molecular weight is 740 g/mol. The van der Waals surface area contributed by atoms with Crippen molar-refractivity contribution < 1.29 is 4.42 Å². The summed E-state index contributed by atoms with van der Waals surface area (Å²) in [7, 11) is 0. The van der Waals surface area contributed by atoms with Crippen molar-refractivity contribution in [3.63, 3.8) is 0 Å². The van der Waals surface area contributed by atoms with E-state index in [2.05, 4.69) is 217 Å². The van der Waals surface area contributed by atoms with Crippen molar-refractivity contribution >= 4 is 60.5 Å². The van der Waals surface area contributed by atoms with Gasteiger partial charge in [-0.3, -0.25) is 0 Å². The number of rotatable bonds is 7. The van der Waals surface area contributed by atoms with Crippen LogP contribution in [0.15, 0.2) is 229 Å². The van der Waals surface area contributed by atoms with Crippen LogP contribution in [0, 0.1) is 0 Å². The molecule has 0 spiro atoms. The highest BCUT2D eigenvalue weighted by molar-refractivity contribution is 6.09. The Morgan fingerprint density at radius 3 is 1.40 bits per heavy atom. The maximum atomic E-state index is 6.44. The number of para-hydroxylation sites is 3. The van der Waals surface area contributed by atoms with Crippen LogP contribution in [0.3, 0.4) is 0 Å². The highest BCUT2D eigenvalue weighted by Crippen LogP contribution is 2.44. The first-order valence-electron chi connectivity index (χ1n) is 19.8. The summed E-state index contributed by atoms with van der Waals surface area (Å²) < 4.78 is 6.44. The zero-order valence-electron chi connectivity index (χ0n) is 31.7. The molecule has 11 aromatic rings. The van der Waals surface area contributed by atoms with Crippen LogP contribution in [-0.4, -0.2) is 0 Å². The van der Waals surface area contributed by atoms with Gasteiger partial charge >= 0.3 is 0 Å². The second-order valence-electron chi connectivity index (χ2n) is 14.9. The predicted molar refractivity (Wildman–Crippen MR) is 245 cm³/mol. The second kappa shape index (κ2) is 14.1. The van der Waals surface area contributed by atoms with Crippen LogP contribution < -0.4 is 4.90 Å². The molecule has 0 aliphatic carbocycles. The Kier molecular flexibility index (Phi) is 8.19. The molecule has 11 rings (SSSR count). The highest BCUT2D eigenvalue weighted by atomic mass is 16.3. The standard InChI is InChI=1S/C56H37NO/c1-3-14-42-36-44(26-24-38(42)12-1)49-17-6-5-16-48(49)40-28-32-46(33-29-40)57(54-22-9-7-18-50(54)45-27-25-39-13-2-4-15-43(39)37-45)47-34-30-41(31-35-47)51-20-11-21-53-52-19-8-10-23-55(52)58-56(51)53/h1-37H. The van der Waals surface area contributed by atoms with Gasteiger partial charge in [-0.05, 0) is 103 Å². The minimum Gasteiger partial charge on any atom is -0.455 e. The fraction of sp³-hybridized carbons (Fsp3) is 0. The summed E-state index contributed by atoms with van der Waals surface area (Å²) in [5.41, 5.74) is 14.4. The number of hydrogen-bond acceptors (Lipinski definition) is 2. The van der Waals surface area contributed by atoms with Gasteiger partial charge in [-0.25, -0.2) is 0 Å². The lowest BCUT2D eigenvalue weighted by molar-refractivity contribution is 0.670. The van der Waals surface area contributed by atoms with E-state index in [-0.39, 0.29) is 0 Å². The minimum atomic E-state index is 0.904. The van der Waals surface area contributed by atoms with Gasteiger partial charge in [0.25, 0.3) is 0 Å². The molecule has 0 radical (unpaired) electrons. The molecule has 0 N–H and O–H groups in total. The molecule has 0 saturated carbocycles. The Bertz CT molecular complexity index is 3280. The SMILES string of the molecule is c1ccc(-c2ccc3ccccc3c2)c(-c2ccc(N(c3ccc(-c4cccc5c4oc4ccccc45)cc3)c3ccccc3-c3ccc4ccccc4c3)cc2)c1. The quantitative estimate of drug-likeness (QED) is 0.162. The van der Waals surface area contributed by atoms with Gasteiger partial charge in [0.15, 0.2) is 0 Å². The molecule has 0 amide bonds. The molecule has 2 nitrogen and oxygen atoms in total. The first-order valence-corrected chi connectivity index (χ1v) is 19.8. The largest absolute Gasteiger partial charge is 0.455 e. The van der Waals surface area contributed by atoms with Crippen molar-refractivity contribution in [3.05, 3.63) is 224 Å². The maximum Gasteiger partial charge on any atom is 0.143 e. The lowest BCUT2D eigenvalue weighted by atomic mass is 9.93. The van der Waals surface area contributed by atoms with E-state index in [1.807, 2.05) is 12.1 Å². The van der Waals surface area contributed by atoms with E-state index in [1.165, 1.54) is 49.4 Å². The van der Waals surface area contributed by atoms with E-state index in [4.69, 9.17) is 4.42 Å². The van der Waals surface area contributed by atoms with E-state index in [0.717, 1.165) is 55.7 Å². The number of nitrogens with zero attached hydrogens (tertiary/aromatic N) is 1. The van der Waals surface area contributed by atoms with Crippen molar-refractivity contribution in [2.24, 2.45) is 0 Å². The van der Waals surface area contributed by atoms with Crippen LogP contribution >= 0.6 is 0 Å². The minimum absolute atomic E-state index is 0.904. The van der Waals surface area contributed by atoms with E-state index in [9.17, 15) is 0 Å². The van der Waals surface area contributed by atoms with Gasteiger partial charge in [0.05, 0.1) is 5.69 Å². The third-order valence-electron chi connectivity index (χ3n) is 11.5. The van der Waals surface area contributed by atoms with Gasteiger partial charge in [0.2, 0.25) is 0 Å². The zero-order valence-corrected chi connectivity index (χ0v) is 31.7. The fourth-order valence-electron chi connectivity index (χ4n) is 8.59. The number of fused-ring (bicyclic) bond motifs is 5. The van der Waals surface area contributed by atoms with Crippen LogP contribution in [0.25, 0.3) is 88.0 Å². The highest BCUT2D eigenvalue weighted by Gasteiger charge is 2.19. The van der Waals surface area contributed by atoms with E-state index < -0.39 is 0 Å². The molecule has 1 aromatic heterocycles. The molecular formula is C56H37NO. The maximum absolute atomic E-state index is 6.44. The summed E-state index contributed by atoms with van der Waals surface area (Å²) in [5, 5.41) is 7.21. The molecule has 10 aromatic carbocycles. The van der Waals surface area contributed by atoms with E-state index in [0.29, 0.717) is 0 Å². The summed E-state index contributed by atoms with van der Waals surface area (Å²) in [5.74, 6) is 0. The van der Waals surface area contributed by atoms with Crippen molar-refractivity contribution in [3.8, 4) is 44.5 Å². The molecule has 0 atom stereocenters. The summed E-state index contributed by atoms with van der Waals surface area (Å²) >= 11 is 0. The van der Waals surface area contributed by atoms with Crippen LogP contribution in [0.4, 0.5) is 17.1 Å². The normalized spacial score (nSPS) is 11.4. The van der Waals surface area contributed by atoms with Gasteiger partial charge in [0, 0.05) is 33.3 Å². The van der Waals surface area contributed by atoms with Crippen LogP contribution in [0.2, 0.25) is 0 Å². The predicted octanol–water partition coefficient (Wildman–Crippen LogP) is 16.0. The lowest BCUT2D eigenvalue weighted by Gasteiger charge is -2.28. The van der Waals surface area contributed by atoms with Gasteiger partial charge in [0.1, 0.15) is 11.2 Å². The molecule has 0 fully saturated rings. The van der Waals surface area contributed by atoms with E-state index in [1.54, 1.807) is 0 Å². The third kappa shape index (κ3) is 5.91. The Balaban J connectivity index is 1.03. The number of hydrogen-bond donors (Lipinski definition) is 0. The van der Waals surface area contributed by atoms with Crippen molar-refractivity contribution in [2.45, 2.75) is 0 Å². The fourth-order valence-corrected chi connectivity index (χ4v) is 8.59. The number of furan rings is 1. The smallest absolute Gasteiger partial charge is 0.143 e. The molecule has 0 aliphatic heterocycles. The molecule has 0 saturated heterocycles. The topological polar surface area (TPSA) is 16.4 Å². The molecule has 272 valence electrons. The Hall–Kier alpha value is -7.68. The van der Waals surface area contributed by atoms with Crippen molar-refractivity contribution in [1.29, 1.82) is 0 Å². The van der Waals surface area contributed by atoms with E-state index >= 15 is 0 Å². The van der Waals surface area contributed by atoms with Crippen LogP contribution in [0.5, 0.6) is 0 Å². The average Bonchev–Trinajstić information content (AvgIpc) is 3.69. The summed E-state index contributed by atoms with van der Waals surface area (Å²) in [6.07, 6.45) is 0. The number of benzene rings is 10. The molecule has 0 unspecified atom stereocenters. The number of anilines is 3. The monoisotopic (exact) mass is 739 g/mol. The summed E-state index contributed by atoms with van der Waals surface area (Å²) in [6.45, 7) is 0. The molecule has 2 heteroatoms. The van der Waals surface area contributed by atoms with Gasteiger partial charge in [-0.15, -0.1) is 0 Å². The molecule has 58 heavy (non-hydrogen) atoms. The summed E-state index contributed by atoms with van der Waals surface area (Å²) in [6, 6.07) is 80.7. The molecule has 0 aliphatic rings. The first kappa shape index (κ1) is 33.6. The Morgan fingerprint density at radius 1 is 0.293 bits per heavy atom. The molecule has 0 bridgehead atoms. The molecular weight excluding hydrogens is 703 g/mol. The summed E-state index contributed by atoms with van der Waals surface area (Å²) in [4.78, 5) is 2.38. The first-order chi connectivity index (χ1) is 28.7. The second-order valence-corrected chi connectivity index (χ2v) is 14.9. The van der Waals surface area contributed by atoms with Crippen molar-refractivity contribution in [2.75, 3.05) is 4.90 Å². The van der Waals surface area contributed by atoms with Gasteiger partial charge < -0.3 is 9.32 Å². The third-order valence-corrected chi connectivity index (χ3v) is 11.5. The van der Waals surface area contributed by atoms with Crippen molar-refractivity contribution in [1.82, 2.24) is 0 Å². The lowest BCUT2D eigenvalue weighted by Crippen LogP contribution is -2.11. The molecule has 1 heterocycles. The Labute approximate surface area is 337 Å². The van der Waals surface area contributed by atoms with Gasteiger partial charge in [-0.1, -0.05) is 176 Å².